The molecule has 1 nitrogen and oxygen atoms in total. The summed E-state index contributed by atoms with van der Waals surface area (Å²) in [7, 11) is 0. The predicted molar refractivity (Wildman–Crippen MR) is 75.4 cm³/mol. The summed E-state index contributed by atoms with van der Waals surface area (Å²) >= 11 is 0. The molecule has 18 heavy (non-hydrogen) atoms. The first-order valence-corrected chi connectivity index (χ1v) is 8.20. The molecule has 0 saturated heterocycles. The molecule has 4 bridgehead atoms. The summed E-state index contributed by atoms with van der Waals surface area (Å²) in [4.78, 5) is 0. The van der Waals surface area contributed by atoms with Crippen LogP contribution in [0.3, 0.4) is 0 Å². The molecule has 1 heterocycles. The molecule has 5 aliphatic rings. The minimum absolute atomic E-state index is 0.792. The van der Waals surface area contributed by atoms with Gasteiger partial charge in [-0.3, -0.25) is 0 Å². The first-order chi connectivity index (χ1) is 8.81. The standard InChI is InChI=1S/C17H27N/c1(13-2-5-18-6-3-13)4-17-10-14-7-15(11-17)9-16(8-14)12-17/h2,14-16,18H,1,3-12H2. The van der Waals surface area contributed by atoms with Crippen LogP contribution in [-0.2, 0) is 0 Å². The highest BCUT2D eigenvalue weighted by Crippen LogP contribution is 2.61. The lowest BCUT2D eigenvalue weighted by atomic mass is 9.48. The largest absolute Gasteiger partial charge is 0.313 e. The van der Waals surface area contributed by atoms with Gasteiger partial charge in [0.1, 0.15) is 0 Å². The zero-order valence-electron chi connectivity index (χ0n) is 11.6. The molecule has 0 atom stereocenters. The first kappa shape index (κ1) is 11.5. The summed E-state index contributed by atoms with van der Waals surface area (Å²) < 4.78 is 0. The fourth-order valence-corrected chi connectivity index (χ4v) is 5.92. The predicted octanol–water partition coefficient (Wildman–Crippen LogP) is 3.90. The minimum Gasteiger partial charge on any atom is -0.313 e. The average molecular weight is 245 g/mol. The Hall–Kier alpha value is -0.300. The third-order valence-electron chi connectivity index (χ3n) is 6.30. The molecule has 0 spiro atoms. The maximum absolute atomic E-state index is 3.43. The smallest absolute Gasteiger partial charge is 0.0137 e. The van der Waals surface area contributed by atoms with Gasteiger partial charge < -0.3 is 5.32 Å². The van der Waals surface area contributed by atoms with E-state index in [9.17, 15) is 0 Å². The molecule has 0 aromatic rings. The Bertz CT molecular complexity index is 319. The van der Waals surface area contributed by atoms with Crippen LogP contribution in [0.2, 0.25) is 0 Å². The van der Waals surface area contributed by atoms with Crippen LogP contribution in [0.25, 0.3) is 0 Å². The van der Waals surface area contributed by atoms with Crippen molar-refractivity contribution in [2.24, 2.45) is 23.2 Å². The Morgan fingerprint density at radius 3 is 2.28 bits per heavy atom. The van der Waals surface area contributed by atoms with Gasteiger partial charge >= 0.3 is 0 Å². The van der Waals surface area contributed by atoms with E-state index in [1.54, 1.807) is 44.1 Å². The summed E-state index contributed by atoms with van der Waals surface area (Å²) in [6, 6.07) is 0. The molecule has 0 amide bonds. The fraction of sp³-hybridized carbons (Fsp3) is 0.882. The third kappa shape index (κ3) is 2.05. The molecule has 1 aliphatic heterocycles. The van der Waals surface area contributed by atoms with Crippen LogP contribution in [0.1, 0.15) is 57.8 Å². The molecule has 4 saturated carbocycles. The van der Waals surface area contributed by atoms with Crippen molar-refractivity contribution in [1.82, 2.24) is 5.32 Å². The van der Waals surface area contributed by atoms with E-state index in [-0.39, 0.29) is 0 Å². The Morgan fingerprint density at radius 2 is 1.72 bits per heavy atom. The van der Waals surface area contributed by atoms with Crippen LogP contribution < -0.4 is 5.32 Å². The average Bonchev–Trinajstić information content (AvgIpc) is 2.36. The molecule has 5 rings (SSSR count). The van der Waals surface area contributed by atoms with Crippen LogP contribution >= 0.6 is 0 Å². The van der Waals surface area contributed by atoms with E-state index in [0.717, 1.165) is 29.7 Å². The molecular weight excluding hydrogens is 218 g/mol. The van der Waals surface area contributed by atoms with E-state index in [2.05, 4.69) is 11.4 Å². The maximum Gasteiger partial charge on any atom is 0.0137 e. The van der Waals surface area contributed by atoms with Crippen molar-refractivity contribution < 1.29 is 0 Å². The highest BCUT2D eigenvalue weighted by Gasteiger charge is 2.50. The number of hydrogen-bond donors (Lipinski definition) is 1. The number of hydrogen-bond acceptors (Lipinski definition) is 1. The van der Waals surface area contributed by atoms with Gasteiger partial charge in [-0.15, -0.1) is 0 Å². The van der Waals surface area contributed by atoms with Crippen molar-refractivity contribution in [3.05, 3.63) is 11.6 Å². The summed E-state index contributed by atoms with van der Waals surface area (Å²) in [5, 5.41) is 3.43. The van der Waals surface area contributed by atoms with Gasteiger partial charge in [-0.2, -0.15) is 0 Å². The van der Waals surface area contributed by atoms with Crippen LogP contribution in [0.5, 0.6) is 0 Å². The summed E-state index contributed by atoms with van der Waals surface area (Å²) in [6.45, 7) is 2.34. The van der Waals surface area contributed by atoms with Crippen molar-refractivity contribution in [3.63, 3.8) is 0 Å². The molecule has 0 unspecified atom stereocenters. The Balaban J connectivity index is 1.43. The Labute approximate surface area is 111 Å². The van der Waals surface area contributed by atoms with Crippen LogP contribution in [-0.4, -0.2) is 13.1 Å². The lowest BCUT2D eigenvalue weighted by molar-refractivity contribution is -0.0570. The minimum atomic E-state index is 0.792. The zero-order chi connectivity index (χ0) is 12.0. The second-order valence-electron chi connectivity index (χ2n) is 7.73. The van der Waals surface area contributed by atoms with Gasteiger partial charge in [0.15, 0.2) is 0 Å². The molecule has 0 aromatic carbocycles. The van der Waals surface area contributed by atoms with Gasteiger partial charge in [-0.25, -0.2) is 0 Å². The van der Waals surface area contributed by atoms with Gasteiger partial charge in [0.25, 0.3) is 0 Å². The number of nitrogens with one attached hydrogen (secondary N) is 1. The van der Waals surface area contributed by atoms with Crippen molar-refractivity contribution >= 4 is 0 Å². The Morgan fingerprint density at radius 1 is 1.06 bits per heavy atom. The van der Waals surface area contributed by atoms with E-state index in [1.165, 1.54) is 25.8 Å². The Kier molecular flexibility index (Phi) is 2.80. The normalized spacial score (nSPS) is 46.2. The third-order valence-corrected chi connectivity index (χ3v) is 6.30. The monoisotopic (exact) mass is 245 g/mol. The van der Waals surface area contributed by atoms with E-state index in [4.69, 9.17) is 0 Å². The van der Waals surface area contributed by atoms with Crippen molar-refractivity contribution in [2.45, 2.75) is 57.8 Å². The molecule has 100 valence electrons. The maximum atomic E-state index is 3.43. The fourth-order valence-electron chi connectivity index (χ4n) is 5.92. The quantitative estimate of drug-likeness (QED) is 0.744. The molecule has 1 heteroatoms. The molecular formula is C17H27N. The SMILES string of the molecule is C1=C(CCC23CC4CC(CC(C4)C2)C3)CCNC1. The summed E-state index contributed by atoms with van der Waals surface area (Å²) in [6.07, 6.45) is 16.2. The summed E-state index contributed by atoms with van der Waals surface area (Å²) in [5.74, 6) is 3.37. The van der Waals surface area contributed by atoms with Crippen molar-refractivity contribution in [3.8, 4) is 0 Å². The molecule has 0 radical (unpaired) electrons. The second kappa shape index (κ2) is 4.37. The van der Waals surface area contributed by atoms with Gasteiger partial charge in [0.05, 0.1) is 0 Å². The highest BCUT2D eigenvalue weighted by molar-refractivity contribution is 5.09. The van der Waals surface area contributed by atoms with Crippen LogP contribution in [0, 0.1) is 23.2 Å². The molecule has 4 aliphatic carbocycles. The zero-order valence-corrected chi connectivity index (χ0v) is 11.6. The summed E-state index contributed by atoms with van der Waals surface area (Å²) in [5.41, 5.74) is 2.55. The van der Waals surface area contributed by atoms with Crippen molar-refractivity contribution in [2.75, 3.05) is 13.1 Å². The van der Waals surface area contributed by atoms with E-state index < -0.39 is 0 Å². The van der Waals surface area contributed by atoms with E-state index in [1.807, 2.05) is 0 Å². The number of rotatable bonds is 3. The van der Waals surface area contributed by atoms with Gasteiger partial charge in [-0.1, -0.05) is 11.6 Å². The van der Waals surface area contributed by atoms with Crippen LogP contribution in [0.4, 0.5) is 0 Å². The van der Waals surface area contributed by atoms with Gasteiger partial charge in [0, 0.05) is 6.54 Å². The van der Waals surface area contributed by atoms with E-state index in [0.29, 0.717) is 0 Å². The molecule has 1 N–H and O–H groups in total. The van der Waals surface area contributed by atoms with Gasteiger partial charge in [0.2, 0.25) is 0 Å². The molecule has 0 aromatic heterocycles. The second-order valence-corrected chi connectivity index (χ2v) is 7.73. The topological polar surface area (TPSA) is 12.0 Å². The van der Waals surface area contributed by atoms with Gasteiger partial charge in [-0.05, 0) is 87.5 Å². The lowest BCUT2D eigenvalue weighted by Crippen LogP contribution is -2.46. The van der Waals surface area contributed by atoms with Crippen molar-refractivity contribution in [1.29, 1.82) is 0 Å². The first-order valence-electron chi connectivity index (χ1n) is 8.20. The molecule has 4 fully saturated rings. The van der Waals surface area contributed by atoms with E-state index >= 15 is 0 Å². The highest BCUT2D eigenvalue weighted by atomic mass is 14.8. The van der Waals surface area contributed by atoms with Crippen LogP contribution in [0.15, 0.2) is 11.6 Å². The lowest BCUT2D eigenvalue weighted by Gasteiger charge is -2.57.